The van der Waals surface area contributed by atoms with E-state index in [9.17, 15) is 4.79 Å². The van der Waals surface area contributed by atoms with E-state index in [1.807, 2.05) is 6.07 Å². The number of carbonyl (C=O) groups excluding carboxylic acids is 1. The number of thiophene rings is 1. The third kappa shape index (κ3) is 4.64. The summed E-state index contributed by atoms with van der Waals surface area (Å²) >= 11 is 8.27. The Hall–Kier alpha value is 0.0900. The minimum absolute atomic E-state index is 0.0265. The van der Waals surface area contributed by atoms with Crippen molar-refractivity contribution in [3.05, 3.63) is 19.2 Å². The predicted molar refractivity (Wildman–Crippen MR) is 84.4 cm³/mol. The normalized spacial score (nSPS) is 12.8. The summed E-state index contributed by atoms with van der Waals surface area (Å²) < 4.78 is 1.82. The second kappa shape index (κ2) is 7.62. The van der Waals surface area contributed by atoms with E-state index >= 15 is 0 Å². The molecule has 0 aliphatic rings. The summed E-state index contributed by atoms with van der Waals surface area (Å²) in [7, 11) is 2.08. The van der Waals surface area contributed by atoms with Crippen LogP contribution < -0.4 is 5.32 Å². The first-order chi connectivity index (χ1) is 8.45. The van der Waals surface area contributed by atoms with Gasteiger partial charge in [-0.15, -0.1) is 11.3 Å². The van der Waals surface area contributed by atoms with E-state index in [4.69, 9.17) is 0 Å². The zero-order valence-corrected chi connectivity index (χ0v) is 14.8. The van der Waals surface area contributed by atoms with Crippen LogP contribution in [0.15, 0.2) is 13.6 Å². The van der Waals surface area contributed by atoms with E-state index in [1.165, 1.54) is 11.3 Å². The van der Waals surface area contributed by atoms with Crippen molar-refractivity contribution in [2.75, 3.05) is 20.1 Å². The standard InChI is InChI=1S/C12H18Br2N2OS/c1-4-8(2)16(3)6-5-15-12(17)9-7-10(13)18-11(9)14/h7-8H,4-6H2,1-3H3,(H,15,17). The molecule has 1 heterocycles. The SMILES string of the molecule is CCC(C)N(C)CCNC(=O)c1cc(Br)sc1Br. The van der Waals surface area contributed by atoms with Gasteiger partial charge >= 0.3 is 0 Å². The summed E-state index contributed by atoms with van der Waals surface area (Å²) in [6.45, 7) is 5.89. The average molecular weight is 398 g/mol. The van der Waals surface area contributed by atoms with E-state index in [-0.39, 0.29) is 5.91 Å². The van der Waals surface area contributed by atoms with Crippen molar-refractivity contribution in [1.82, 2.24) is 10.2 Å². The van der Waals surface area contributed by atoms with Crippen LogP contribution in [0.4, 0.5) is 0 Å². The number of nitrogens with one attached hydrogen (secondary N) is 1. The Morgan fingerprint density at radius 1 is 1.56 bits per heavy atom. The van der Waals surface area contributed by atoms with Gasteiger partial charge in [0.05, 0.1) is 13.1 Å². The number of carbonyl (C=O) groups is 1. The van der Waals surface area contributed by atoms with E-state index in [1.54, 1.807) is 0 Å². The number of nitrogens with zero attached hydrogens (tertiary/aromatic N) is 1. The molecule has 18 heavy (non-hydrogen) atoms. The van der Waals surface area contributed by atoms with E-state index in [0.717, 1.165) is 20.5 Å². The fourth-order valence-corrected chi connectivity index (χ4v) is 4.26. The molecule has 0 bridgehead atoms. The van der Waals surface area contributed by atoms with Gasteiger partial charge in [-0.25, -0.2) is 0 Å². The van der Waals surface area contributed by atoms with Crippen LogP contribution in [0, 0.1) is 0 Å². The molecule has 1 rings (SSSR count). The Morgan fingerprint density at radius 3 is 2.72 bits per heavy atom. The van der Waals surface area contributed by atoms with Gasteiger partial charge in [0.15, 0.2) is 0 Å². The Kier molecular flexibility index (Phi) is 6.84. The number of hydrogen-bond acceptors (Lipinski definition) is 3. The molecular formula is C12H18Br2N2OS. The van der Waals surface area contributed by atoms with Crippen molar-refractivity contribution in [2.24, 2.45) is 0 Å². The molecule has 0 spiro atoms. The van der Waals surface area contributed by atoms with Gasteiger partial charge in [-0.2, -0.15) is 0 Å². The van der Waals surface area contributed by atoms with Gasteiger partial charge in [0.2, 0.25) is 0 Å². The quantitative estimate of drug-likeness (QED) is 0.792. The molecule has 0 saturated carbocycles. The molecular weight excluding hydrogens is 380 g/mol. The Bertz CT molecular complexity index is 409. The number of halogens is 2. The van der Waals surface area contributed by atoms with Crippen LogP contribution in [-0.4, -0.2) is 37.0 Å². The van der Waals surface area contributed by atoms with Gasteiger partial charge in [-0.05, 0) is 58.3 Å². The van der Waals surface area contributed by atoms with E-state index in [2.05, 4.69) is 63.0 Å². The molecule has 6 heteroatoms. The highest BCUT2D eigenvalue weighted by molar-refractivity contribution is 9.12. The van der Waals surface area contributed by atoms with Crippen molar-refractivity contribution in [3.8, 4) is 0 Å². The van der Waals surface area contributed by atoms with Crippen LogP contribution in [0.25, 0.3) is 0 Å². The number of amides is 1. The lowest BCUT2D eigenvalue weighted by molar-refractivity contribution is 0.0947. The summed E-state index contributed by atoms with van der Waals surface area (Å²) in [6.07, 6.45) is 1.12. The minimum Gasteiger partial charge on any atom is -0.351 e. The van der Waals surface area contributed by atoms with Crippen molar-refractivity contribution in [2.45, 2.75) is 26.3 Å². The van der Waals surface area contributed by atoms with Crippen LogP contribution in [0.1, 0.15) is 30.6 Å². The highest BCUT2D eigenvalue weighted by atomic mass is 79.9. The highest BCUT2D eigenvalue weighted by Crippen LogP contribution is 2.31. The Morgan fingerprint density at radius 2 is 2.22 bits per heavy atom. The lowest BCUT2D eigenvalue weighted by Gasteiger charge is -2.23. The molecule has 1 aromatic heterocycles. The second-order valence-electron chi connectivity index (χ2n) is 4.23. The van der Waals surface area contributed by atoms with Crippen LogP contribution >= 0.6 is 43.2 Å². The molecule has 0 aromatic carbocycles. The fraction of sp³-hybridized carbons (Fsp3) is 0.583. The van der Waals surface area contributed by atoms with Crippen molar-refractivity contribution >= 4 is 49.1 Å². The molecule has 1 N–H and O–H groups in total. The maximum absolute atomic E-state index is 11.9. The molecule has 0 aliphatic carbocycles. The van der Waals surface area contributed by atoms with Crippen molar-refractivity contribution in [1.29, 1.82) is 0 Å². The number of rotatable bonds is 6. The monoisotopic (exact) mass is 396 g/mol. The third-order valence-electron chi connectivity index (χ3n) is 2.99. The van der Waals surface area contributed by atoms with Crippen LogP contribution in [0.5, 0.6) is 0 Å². The molecule has 1 atom stereocenters. The molecule has 0 saturated heterocycles. The number of likely N-dealkylation sites (N-methyl/N-ethyl adjacent to an activating group) is 1. The van der Waals surface area contributed by atoms with Gasteiger partial charge in [0.25, 0.3) is 5.91 Å². The van der Waals surface area contributed by atoms with Gasteiger partial charge < -0.3 is 10.2 Å². The highest BCUT2D eigenvalue weighted by Gasteiger charge is 2.13. The molecule has 0 radical (unpaired) electrons. The molecule has 1 aromatic rings. The van der Waals surface area contributed by atoms with E-state index < -0.39 is 0 Å². The predicted octanol–water partition coefficient (Wildman–Crippen LogP) is 3.73. The van der Waals surface area contributed by atoms with Crippen LogP contribution in [0.2, 0.25) is 0 Å². The molecule has 0 aliphatic heterocycles. The second-order valence-corrected chi connectivity index (χ2v) is 7.98. The summed E-state index contributed by atoms with van der Waals surface area (Å²) in [5.41, 5.74) is 0.693. The largest absolute Gasteiger partial charge is 0.351 e. The smallest absolute Gasteiger partial charge is 0.253 e. The van der Waals surface area contributed by atoms with Crippen molar-refractivity contribution < 1.29 is 4.79 Å². The average Bonchev–Trinajstić information content (AvgIpc) is 2.67. The van der Waals surface area contributed by atoms with Crippen LogP contribution in [0.3, 0.4) is 0 Å². The first kappa shape index (κ1) is 16.1. The lowest BCUT2D eigenvalue weighted by Crippen LogP contribution is -2.37. The van der Waals surface area contributed by atoms with Crippen LogP contribution in [-0.2, 0) is 0 Å². The lowest BCUT2D eigenvalue weighted by atomic mass is 10.2. The topological polar surface area (TPSA) is 32.3 Å². The zero-order valence-electron chi connectivity index (χ0n) is 10.8. The third-order valence-corrected chi connectivity index (χ3v) is 5.33. The maximum atomic E-state index is 11.9. The Balaban J connectivity index is 2.40. The first-order valence-electron chi connectivity index (χ1n) is 5.89. The number of hydrogen-bond donors (Lipinski definition) is 1. The summed E-state index contributed by atoms with van der Waals surface area (Å²) in [6, 6.07) is 2.38. The molecule has 1 amide bonds. The molecule has 3 nitrogen and oxygen atoms in total. The first-order valence-corrected chi connectivity index (χ1v) is 8.29. The van der Waals surface area contributed by atoms with Crippen molar-refractivity contribution in [3.63, 3.8) is 0 Å². The summed E-state index contributed by atoms with van der Waals surface area (Å²) in [4.78, 5) is 14.2. The van der Waals surface area contributed by atoms with Gasteiger partial charge in [-0.1, -0.05) is 6.92 Å². The zero-order chi connectivity index (χ0) is 13.7. The van der Waals surface area contributed by atoms with Gasteiger partial charge in [-0.3, -0.25) is 4.79 Å². The molecule has 1 unspecified atom stereocenters. The van der Waals surface area contributed by atoms with E-state index in [0.29, 0.717) is 18.2 Å². The van der Waals surface area contributed by atoms with Gasteiger partial charge in [0.1, 0.15) is 0 Å². The molecule has 102 valence electrons. The minimum atomic E-state index is -0.0265. The fourth-order valence-electron chi connectivity index (χ4n) is 1.47. The van der Waals surface area contributed by atoms with Gasteiger partial charge in [0, 0.05) is 19.1 Å². The molecule has 0 fully saturated rings. The maximum Gasteiger partial charge on any atom is 0.253 e. The summed E-state index contributed by atoms with van der Waals surface area (Å²) in [5.74, 6) is -0.0265. The summed E-state index contributed by atoms with van der Waals surface area (Å²) in [5, 5.41) is 2.94. The Labute approximate surface area is 129 Å².